The number of carbonyl (C=O) groups excluding carboxylic acids is 3. The first kappa shape index (κ1) is 10.9. The molecule has 0 radical (unpaired) electrons. The second-order valence-electron chi connectivity index (χ2n) is 3.32. The van der Waals surface area contributed by atoms with Gasteiger partial charge in [0.25, 0.3) is 5.91 Å². The number of hydrogen-bond donors (Lipinski definition) is 3. The molecule has 1 fully saturated rings. The van der Waals surface area contributed by atoms with E-state index in [9.17, 15) is 14.4 Å². The molecule has 1 heterocycles. The molecule has 1 aromatic rings. The largest absolute Gasteiger partial charge is 0.343 e. The van der Waals surface area contributed by atoms with Gasteiger partial charge in [0, 0.05) is 5.69 Å². The second-order valence-corrected chi connectivity index (χ2v) is 3.32. The third kappa shape index (κ3) is 2.51. The van der Waals surface area contributed by atoms with Crippen molar-refractivity contribution in [3.05, 3.63) is 30.3 Å². The van der Waals surface area contributed by atoms with Crippen molar-refractivity contribution in [1.29, 1.82) is 0 Å². The lowest BCUT2D eigenvalue weighted by Gasteiger charge is -2.14. The number of hydrogen-bond acceptors (Lipinski definition) is 3. The Morgan fingerprint density at radius 1 is 1.24 bits per heavy atom. The fourth-order valence-corrected chi connectivity index (χ4v) is 1.32. The molecule has 0 saturated carbocycles. The molecule has 1 saturated heterocycles. The Kier molecular flexibility index (Phi) is 2.91. The lowest BCUT2D eigenvalue weighted by atomic mass is 10.3. The number of imide groups is 1. The lowest BCUT2D eigenvalue weighted by molar-refractivity contribution is -0.126. The summed E-state index contributed by atoms with van der Waals surface area (Å²) in [6.45, 7) is -0.107. The normalized spacial score (nSPS) is 14.5. The molecular weight excluding hydrogens is 224 g/mol. The monoisotopic (exact) mass is 234 g/mol. The summed E-state index contributed by atoms with van der Waals surface area (Å²) in [6, 6.07) is 7.39. The zero-order valence-electron chi connectivity index (χ0n) is 8.77. The number of amides is 5. The molecule has 7 nitrogen and oxygen atoms in total. The Labute approximate surface area is 96.7 Å². The minimum Gasteiger partial charge on any atom is -0.327 e. The number of nitrogens with one attached hydrogen (secondary N) is 3. The van der Waals surface area contributed by atoms with Gasteiger partial charge in [0.2, 0.25) is 0 Å². The number of hydrazine groups is 1. The van der Waals surface area contributed by atoms with Gasteiger partial charge in [-0.25, -0.2) is 15.0 Å². The van der Waals surface area contributed by atoms with E-state index in [1.807, 2.05) is 0 Å². The molecule has 0 aromatic heterocycles. The molecule has 0 atom stereocenters. The Balaban J connectivity index is 1.94. The SMILES string of the molecule is O=C(Nc1ccccc1)NN1C(=O)CNC1=O. The van der Waals surface area contributed by atoms with Crippen LogP contribution in [0.25, 0.3) is 0 Å². The first-order valence-corrected chi connectivity index (χ1v) is 4.90. The van der Waals surface area contributed by atoms with E-state index in [1.165, 1.54) is 0 Å². The van der Waals surface area contributed by atoms with Crippen LogP contribution in [-0.4, -0.2) is 29.5 Å². The van der Waals surface area contributed by atoms with Crippen molar-refractivity contribution in [1.82, 2.24) is 15.8 Å². The van der Waals surface area contributed by atoms with Crippen LogP contribution in [0.4, 0.5) is 15.3 Å². The van der Waals surface area contributed by atoms with Crippen LogP contribution in [-0.2, 0) is 4.79 Å². The maximum absolute atomic E-state index is 11.5. The van der Waals surface area contributed by atoms with Crippen LogP contribution in [0.2, 0.25) is 0 Å². The Hall–Kier alpha value is -2.57. The number of rotatable bonds is 2. The maximum Gasteiger partial charge on any atom is 0.343 e. The van der Waals surface area contributed by atoms with E-state index in [1.54, 1.807) is 30.3 Å². The summed E-state index contributed by atoms with van der Waals surface area (Å²) < 4.78 is 0. The lowest BCUT2D eigenvalue weighted by Crippen LogP contribution is -2.48. The molecule has 17 heavy (non-hydrogen) atoms. The van der Waals surface area contributed by atoms with Gasteiger partial charge in [-0.3, -0.25) is 4.79 Å². The Morgan fingerprint density at radius 3 is 2.53 bits per heavy atom. The minimum atomic E-state index is -0.651. The highest BCUT2D eigenvalue weighted by Crippen LogP contribution is 2.04. The maximum atomic E-state index is 11.5. The fraction of sp³-hybridized carbons (Fsp3) is 0.100. The summed E-state index contributed by atoms with van der Waals surface area (Å²) in [5.74, 6) is -0.502. The average molecular weight is 234 g/mol. The third-order valence-electron chi connectivity index (χ3n) is 2.09. The van der Waals surface area contributed by atoms with Crippen LogP contribution in [0.1, 0.15) is 0 Å². The van der Waals surface area contributed by atoms with Crippen LogP contribution in [0, 0.1) is 0 Å². The molecule has 5 amide bonds. The summed E-state index contributed by atoms with van der Waals surface area (Å²) >= 11 is 0. The van der Waals surface area contributed by atoms with E-state index in [0.717, 1.165) is 0 Å². The highest BCUT2D eigenvalue weighted by molar-refractivity contribution is 6.04. The molecule has 3 N–H and O–H groups in total. The molecule has 7 heteroatoms. The van der Waals surface area contributed by atoms with E-state index in [2.05, 4.69) is 16.1 Å². The van der Waals surface area contributed by atoms with Gasteiger partial charge in [-0.05, 0) is 12.1 Å². The average Bonchev–Trinajstić information content (AvgIpc) is 2.62. The molecule has 0 unspecified atom stereocenters. The molecule has 0 bridgehead atoms. The van der Waals surface area contributed by atoms with Gasteiger partial charge in [0.1, 0.15) is 6.54 Å². The van der Waals surface area contributed by atoms with E-state index in [4.69, 9.17) is 0 Å². The van der Waals surface area contributed by atoms with Gasteiger partial charge in [-0.2, -0.15) is 5.01 Å². The van der Waals surface area contributed by atoms with Crippen molar-refractivity contribution in [2.45, 2.75) is 0 Å². The molecular formula is C10H10N4O3. The quantitative estimate of drug-likeness (QED) is 0.642. The number of anilines is 1. The van der Waals surface area contributed by atoms with E-state index in [-0.39, 0.29) is 6.54 Å². The minimum absolute atomic E-state index is 0.107. The van der Waals surface area contributed by atoms with Crippen molar-refractivity contribution in [2.24, 2.45) is 0 Å². The molecule has 1 aliphatic rings. The number of urea groups is 2. The number of carbonyl (C=O) groups is 3. The van der Waals surface area contributed by atoms with E-state index in [0.29, 0.717) is 10.7 Å². The van der Waals surface area contributed by atoms with Gasteiger partial charge in [0.05, 0.1) is 0 Å². The summed E-state index contributed by atoms with van der Waals surface area (Å²) in [4.78, 5) is 33.8. The van der Waals surface area contributed by atoms with Gasteiger partial charge < -0.3 is 10.6 Å². The van der Waals surface area contributed by atoms with Crippen molar-refractivity contribution < 1.29 is 14.4 Å². The van der Waals surface area contributed by atoms with Gasteiger partial charge in [0.15, 0.2) is 0 Å². The molecule has 0 aliphatic carbocycles. The predicted molar refractivity (Wildman–Crippen MR) is 58.8 cm³/mol. The zero-order chi connectivity index (χ0) is 12.3. The number of para-hydroxylation sites is 1. The first-order valence-electron chi connectivity index (χ1n) is 4.90. The molecule has 88 valence electrons. The molecule has 2 rings (SSSR count). The predicted octanol–water partition coefficient (Wildman–Crippen LogP) is 0.275. The fourth-order valence-electron chi connectivity index (χ4n) is 1.32. The third-order valence-corrected chi connectivity index (χ3v) is 2.09. The molecule has 0 spiro atoms. The van der Waals surface area contributed by atoms with Crippen molar-refractivity contribution in [3.8, 4) is 0 Å². The van der Waals surface area contributed by atoms with Crippen LogP contribution in [0.3, 0.4) is 0 Å². The second kappa shape index (κ2) is 4.52. The Morgan fingerprint density at radius 2 is 1.94 bits per heavy atom. The highest BCUT2D eigenvalue weighted by atomic mass is 16.2. The Bertz CT molecular complexity index is 444. The van der Waals surface area contributed by atoms with Crippen LogP contribution in [0.15, 0.2) is 30.3 Å². The van der Waals surface area contributed by atoms with Crippen LogP contribution < -0.4 is 16.1 Å². The van der Waals surface area contributed by atoms with Crippen LogP contribution >= 0.6 is 0 Å². The summed E-state index contributed by atoms with van der Waals surface area (Å²) in [6.07, 6.45) is 0. The molecule has 1 aliphatic heterocycles. The van der Waals surface area contributed by atoms with Crippen molar-refractivity contribution >= 4 is 23.7 Å². The summed E-state index contributed by atoms with van der Waals surface area (Å²) in [7, 11) is 0. The van der Waals surface area contributed by atoms with Gasteiger partial charge >= 0.3 is 12.1 Å². The van der Waals surface area contributed by atoms with Gasteiger partial charge in [-0.15, -0.1) is 0 Å². The number of nitrogens with zero attached hydrogens (tertiary/aromatic N) is 1. The summed E-state index contributed by atoms with van der Waals surface area (Å²) in [5.41, 5.74) is 2.72. The summed E-state index contributed by atoms with van der Waals surface area (Å²) in [5, 5.41) is 5.41. The molecule has 1 aromatic carbocycles. The van der Waals surface area contributed by atoms with E-state index >= 15 is 0 Å². The van der Waals surface area contributed by atoms with Crippen LogP contribution in [0.5, 0.6) is 0 Å². The standard InChI is InChI=1S/C10H10N4O3/c15-8-6-11-10(17)14(8)13-9(16)12-7-4-2-1-3-5-7/h1-5H,6H2,(H,11,17)(H2,12,13,16). The van der Waals surface area contributed by atoms with Crippen molar-refractivity contribution in [3.63, 3.8) is 0 Å². The zero-order valence-corrected chi connectivity index (χ0v) is 8.77. The number of benzene rings is 1. The van der Waals surface area contributed by atoms with Gasteiger partial charge in [-0.1, -0.05) is 18.2 Å². The first-order chi connectivity index (χ1) is 8.16. The van der Waals surface area contributed by atoms with Crippen molar-refractivity contribution in [2.75, 3.05) is 11.9 Å². The highest BCUT2D eigenvalue weighted by Gasteiger charge is 2.30. The topological polar surface area (TPSA) is 90.5 Å². The van der Waals surface area contributed by atoms with E-state index < -0.39 is 18.0 Å². The smallest absolute Gasteiger partial charge is 0.327 e.